The van der Waals surface area contributed by atoms with Gasteiger partial charge in [0.2, 0.25) is 0 Å². The standard InChI is InChI=1S/C19H17N3O2/c1-13-12-14(2)21-19(20-13)24-17-10-8-16(9-11-17)22-18(23)15-6-4-3-5-7-15/h3-12H,1-2H3,(H,22,23). The summed E-state index contributed by atoms with van der Waals surface area (Å²) < 4.78 is 5.65. The van der Waals surface area contributed by atoms with Gasteiger partial charge in [-0.3, -0.25) is 4.79 Å². The fourth-order valence-electron chi connectivity index (χ4n) is 2.24. The van der Waals surface area contributed by atoms with Gasteiger partial charge in [0.25, 0.3) is 5.91 Å². The van der Waals surface area contributed by atoms with Gasteiger partial charge < -0.3 is 10.1 Å². The Morgan fingerprint density at radius 2 is 1.54 bits per heavy atom. The second-order valence-electron chi connectivity index (χ2n) is 5.38. The Kier molecular flexibility index (Phi) is 4.52. The zero-order chi connectivity index (χ0) is 16.9. The van der Waals surface area contributed by atoms with Crippen molar-refractivity contribution in [3.05, 3.63) is 77.6 Å². The summed E-state index contributed by atoms with van der Waals surface area (Å²) in [6, 6.07) is 18.3. The van der Waals surface area contributed by atoms with E-state index < -0.39 is 0 Å². The number of rotatable bonds is 4. The molecule has 0 unspecified atom stereocenters. The number of hydrogen-bond donors (Lipinski definition) is 1. The van der Waals surface area contributed by atoms with Crippen molar-refractivity contribution in [3.63, 3.8) is 0 Å². The number of ether oxygens (including phenoxy) is 1. The van der Waals surface area contributed by atoms with Crippen molar-refractivity contribution in [2.75, 3.05) is 5.32 Å². The molecule has 0 bridgehead atoms. The summed E-state index contributed by atoms with van der Waals surface area (Å²) in [5.74, 6) is 0.458. The number of carbonyl (C=O) groups is 1. The summed E-state index contributed by atoms with van der Waals surface area (Å²) in [7, 11) is 0. The molecule has 0 atom stereocenters. The number of benzene rings is 2. The van der Waals surface area contributed by atoms with Crippen LogP contribution >= 0.6 is 0 Å². The van der Waals surface area contributed by atoms with Crippen molar-refractivity contribution >= 4 is 11.6 Å². The fourth-order valence-corrected chi connectivity index (χ4v) is 2.24. The van der Waals surface area contributed by atoms with Gasteiger partial charge >= 0.3 is 6.01 Å². The van der Waals surface area contributed by atoms with Crippen LogP contribution in [-0.2, 0) is 0 Å². The van der Waals surface area contributed by atoms with Crippen LogP contribution in [0, 0.1) is 13.8 Å². The molecule has 1 heterocycles. The van der Waals surface area contributed by atoms with E-state index in [1.165, 1.54) is 0 Å². The molecule has 0 saturated carbocycles. The molecule has 5 heteroatoms. The van der Waals surface area contributed by atoms with Crippen LogP contribution in [0.2, 0.25) is 0 Å². The lowest BCUT2D eigenvalue weighted by Crippen LogP contribution is -2.11. The summed E-state index contributed by atoms with van der Waals surface area (Å²) in [6.07, 6.45) is 0. The minimum atomic E-state index is -0.151. The summed E-state index contributed by atoms with van der Waals surface area (Å²) in [6.45, 7) is 3.79. The van der Waals surface area contributed by atoms with E-state index in [0.29, 0.717) is 23.0 Å². The molecule has 1 N–H and O–H groups in total. The maximum atomic E-state index is 12.1. The molecule has 5 nitrogen and oxygen atoms in total. The highest BCUT2D eigenvalue weighted by Gasteiger charge is 2.06. The number of aromatic nitrogens is 2. The molecule has 0 spiro atoms. The van der Waals surface area contributed by atoms with Gasteiger partial charge in [-0.05, 0) is 56.3 Å². The molecule has 0 saturated heterocycles. The Hall–Kier alpha value is -3.21. The normalized spacial score (nSPS) is 10.2. The third-order valence-corrected chi connectivity index (χ3v) is 3.32. The zero-order valence-electron chi connectivity index (χ0n) is 13.5. The van der Waals surface area contributed by atoms with Crippen LogP contribution in [0.25, 0.3) is 0 Å². The Labute approximate surface area is 140 Å². The van der Waals surface area contributed by atoms with Gasteiger partial charge in [-0.15, -0.1) is 0 Å². The SMILES string of the molecule is Cc1cc(C)nc(Oc2ccc(NC(=O)c3ccccc3)cc2)n1. The maximum Gasteiger partial charge on any atom is 0.322 e. The number of nitrogens with one attached hydrogen (secondary N) is 1. The third kappa shape index (κ3) is 3.95. The predicted octanol–water partition coefficient (Wildman–Crippen LogP) is 4.14. The number of aryl methyl sites for hydroxylation is 2. The van der Waals surface area contributed by atoms with Crippen molar-refractivity contribution < 1.29 is 9.53 Å². The number of anilines is 1. The molecule has 0 aliphatic carbocycles. The van der Waals surface area contributed by atoms with Gasteiger partial charge in [0.05, 0.1) is 0 Å². The van der Waals surface area contributed by atoms with E-state index in [4.69, 9.17) is 4.74 Å². The van der Waals surface area contributed by atoms with Crippen molar-refractivity contribution in [1.82, 2.24) is 9.97 Å². The second kappa shape index (κ2) is 6.91. The van der Waals surface area contributed by atoms with Crippen LogP contribution in [-0.4, -0.2) is 15.9 Å². The van der Waals surface area contributed by atoms with E-state index in [9.17, 15) is 4.79 Å². The summed E-state index contributed by atoms with van der Waals surface area (Å²) in [5, 5.41) is 2.84. The summed E-state index contributed by atoms with van der Waals surface area (Å²) in [5.41, 5.74) is 3.01. The molecular formula is C19H17N3O2. The number of hydrogen-bond acceptors (Lipinski definition) is 4. The van der Waals surface area contributed by atoms with E-state index in [0.717, 1.165) is 11.4 Å². The zero-order valence-corrected chi connectivity index (χ0v) is 13.5. The Balaban J connectivity index is 1.68. The number of nitrogens with zero attached hydrogens (tertiary/aromatic N) is 2. The van der Waals surface area contributed by atoms with E-state index in [1.54, 1.807) is 36.4 Å². The van der Waals surface area contributed by atoms with Gasteiger partial charge in [-0.2, -0.15) is 0 Å². The highest BCUT2D eigenvalue weighted by Crippen LogP contribution is 2.21. The van der Waals surface area contributed by atoms with E-state index in [2.05, 4.69) is 15.3 Å². The molecule has 0 aliphatic heterocycles. The predicted molar refractivity (Wildman–Crippen MR) is 92.4 cm³/mol. The van der Waals surface area contributed by atoms with Crippen LogP contribution in [0.5, 0.6) is 11.8 Å². The topological polar surface area (TPSA) is 64.1 Å². The average molecular weight is 319 g/mol. The van der Waals surface area contributed by atoms with Crippen LogP contribution in [0.4, 0.5) is 5.69 Å². The van der Waals surface area contributed by atoms with E-state index in [-0.39, 0.29) is 5.91 Å². The highest BCUT2D eigenvalue weighted by molar-refractivity contribution is 6.04. The van der Waals surface area contributed by atoms with Crippen LogP contribution < -0.4 is 10.1 Å². The maximum absolute atomic E-state index is 12.1. The molecule has 1 amide bonds. The largest absolute Gasteiger partial charge is 0.424 e. The lowest BCUT2D eigenvalue weighted by atomic mass is 10.2. The quantitative estimate of drug-likeness (QED) is 0.785. The third-order valence-electron chi connectivity index (χ3n) is 3.32. The first-order valence-corrected chi connectivity index (χ1v) is 7.57. The molecule has 120 valence electrons. The monoisotopic (exact) mass is 319 g/mol. The van der Waals surface area contributed by atoms with Crippen molar-refractivity contribution in [1.29, 1.82) is 0 Å². The second-order valence-corrected chi connectivity index (χ2v) is 5.38. The molecule has 3 aromatic rings. The van der Waals surface area contributed by atoms with Crippen molar-refractivity contribution in [2.24, 2.45) is 0 Å². The molecule has 0 radical (unpaired) electrons. The fraction of sp³-hybridized carbons (Fsp3) is 0.105. The lowest BCUT2D eigenvalue weighted by Gasteiger charge is -2.08. The first-order valence-electron chi connectivity index (χ1n) is 7.57. The molecular weight excluding hydrogens is 302 g/mol. The van der Waals surface area contributed by atoms with Gasteiger partial charge in [-0.1, -0.05) is 18.2 Å². The number of carbonyl (C=O) groups excluding carboxylic acids is 1. The Bertz CT molecular complexity index is 826. The number of amides is 1. The molecule has 0 aliphatic rings. The highest BCUT2D eigenvalue weighted by atomic mass is 16.5. The van der Waals surface area contributed by atoms with Gasteiger partial charge in [-0.25, -0.2) is 9.97 Å². The summed E-state index contributed by atoms with van der Waals surface area (Å²) >= 11 is 0. The molecule has 24 heavy (non-hydrogen) atoms. The molecule has 1 aromatic heterocycles. The van der Waals surface area contributed by atoms with Gasteiger partial charge in [0.1, 0.15) is 5.75 Å². The molecule has 2 aromatic carbocycles. The van der Waals surface area contributed by atoms with E-state index >= 15 is 0 Å². The van der Waals surface area contributed by atoms with Crippen LogP contribution in [0.3, 0.4) is 0 Å². The Morgan fingerprint density at radius 3 is 2.17 bits per heavy atom. The summed E-state index contributed by atoms with van der Waals surface area (Å²) in [4.78, 5) is 20.6. The van der Waals surface area contributed by atoms with Crippen LogP contribution in [0.15, 0.2) is 60.7 Å². The average Bonchev–Trinajstić information content (AvgIpc) is 2.56. The Morgan fingerprint density at radius 1 is 0.917 bits per heavy atom. The van der Waals surface area contributed by atoms with E-state index in [1.807, 2.05) is 38.1 Å². The molecule has 3 rings (SSSR count). The minimum Gasteiger partial charge on any atom is -0.424 e. The van der Waals surface area contributed by atoms with Gasteiger partial charge in [0.15, 0.2) is 0 Å². The van der Waals surface area contributed by atoms with Crippen LogP contribution in [0.1, 0.15) is 21.7 Å². The van der Waals surface area contributed by atoms with Crippen molar-refractivity contribution in [2.45, 2.75) is 13.8 Å². The minimum absolute atomic E-state index is 0.151. The lowest BCUT2D eigenvalue weighted by molar-refractivity contribution is 0.102. The smallest absolute Gasteiger partial charge is 0.322 e. The molecule has 0 fully saturated rings. The van der Waals surface area contributed by atoms with Crippen molar-refractivity contribution in [3.8, 4) is 11.8 Å². The van der Waals surface area contributed by atoms with Gasteiger partial charge in [0, 0.05) is 22.6 Å². The first-order chi connectivity index (χ1) is 11.6. The first kappa shape index (κ1) is 15.7.